The minimum absolute atomic E-state index is 0.110. The number of fused-ring (bicyclic) bond motifs is 1. The van der Waals surface area contributed by atoms with E-state index >= 15 is 0 Å². The van der Waals surface area contributed by atoms with Crippen LogP contribution in [0.3, 0.4) is 0 Å². The van der Waals surface area contributed by atoms with E-state index in [-0.39, 0.29) is 5.91 Å². The third-order valence-corrected chi connectivity index (χ3v) is 5.45. The van der Waals surface area contributed by atoms with Crippen LogP contribution in [-0.2, 0) is 16.8 Å². The molecule has 1 aliphatic heterocycles. The molecule has 0 saturated heterocycles. The van der Waals surface area contributed by atoms with Crippen LogP contribution in [-0.4, -0.2) is 15.5 Å². The van der Waals surface area contributed by atoms with Crippen LogP contribution in [0, 0.1) is 18.3 Å². The van der Waals surface area contributed by atoms with Crippen LogP contribution in [0.4, 0.5) is 11.6 Å². The predicted molar refractivity (Wildman–Crippen MR) is 109 cm³/mol. The highest BCUT2D eigenvalue weighted by Gasteiger charge is 2.49. The maximum absolute atomic E-state index is 13.6. The Bertz CT molecular complexity index is 1110. The van der Waals surface area contributed by atoms with Crippen LogP contribution in [0.15, 0.2) is 48.7 Å². The summed E-state index contributed by atoms with van der Waals surface area (Å²) in [7, 11) is 0. The highest BCUT2D eigenvalue weighted by atomic mass is 35.5. The van der Waals surface area contributed by atoms with Crippen LogP contribution >= 0.6 is 23.2 Å². The third kappa shape index (κ3) is 2.86. The van der Waals surface area contributed by atoms with Gasteiger partial charge in [0.25, 0.3) is 5.91 Å². The van der Waals surface area contributed by atoms with Gasteiger partial charge < -0.3 is 0 Å². The first-order valence-corrected chi connectivity index (χ1v) is 9.43. The number of hydrogen-bond donors (Lipinski definition) is 0. The van der Waals surface area contributed by atoms with Crippen LogP contribution in [0.1, 0.15) is 23.7 Å². The van der Waals surface area contributed by atoms with E-state index in [1.54, 1.807) is 41.4 Å². The zero-order chi connectivity index (χ0) is 20.1. The summed E-state index contributed by atoms with van der Waals surface area (Å²) in [6, 6.07) is 14.4. The Morgan fingerprint density at radius 1 is 1.14 bits per heavy atom. The monoisotopic (exact) mass is 410 g/mol. The fraction of sp³-hybridized carbons (Fsp3) is 0.190. The summed E-state index contributed by atoms with van der Waals surface area (Å²) < 4.78 is 1.95. The number of nitrogens with zero attached hydrogens (tertiary/aromatic N) is 4. The molecule has 2 aromatic carbocycles. The van der Waals surface area contributed by atoms with Gasteiger partial charge in [-0.3, -0.25) is 9.36 Å². The molecule has 0 spiro atoms. The summed E-state index contributed by atoms with van der Waals surface area (Å²) in [5, 5.41) is 9.90. The first-order chi connectivity index (χ1) is 13.3. The van der Waals surface area contributed by atoms with Gasteiger partial charge in [0.15, 0.2) is 0 Å². The number of aryl methyl sites for hydroxylation is 1. The zero-order valence-corrected chi connectivity index (χ0v) is 16.8. The van der Waals surface area contributed by atoms with Crippen molar-refractivity contribution < 1.29 is 4.79 Å². The van der Waals surface area contributed by atoms with E-state index in [0.29, 0.717) is 33.7 Å². The number of amides is 1. The number of halogens is 2. The van der Waals surface area contributed by atoms with E-state index in [0.717, 1.165) is 11.3 Å². The minimum Gasteiger partial charge on any atom is -0.299 e. The normalized spacial score (nSPS) is 18.2. The Hall–Kier alpha value is -2.81. The van der Waals surface area contributed by atoms with Gasteiger partial charge >= 0.3 is 0 Å². The lowest BCUT2D eigenvalue weighted by molar-refractivity contribution is -0.123. The van der Waals surface area contributed by atoms with Gasteiger partial charge in [0.1, 0.15) is 5.54 Å². The Morgan fingerprint density at radius 3 is 2.39 bits per heavy atom. The number of anilines is 2. The standard InChI is InChI=1S/C21H16Cl2N4O/c1-13-12-25-20-26(18-8-16(22)7-17(23)9-18)19(28)21(2,27(13)20)10-14-3-5-15(11-24)6-4-14/h3-9,12H,10H2,1-2H3. The Balaban J connectivity index is 1.81. The predicted octanol–water partition coefficient (Wildman–Crippen LogP) is 5.01. The molecule has 0 radical (unpaired) electrons. The first kappa shape index (κ1) is 18.5. The van der Waals surface area contributed by atoms with E-state index in [9.17, 15) is 4.79 Å². The van der Waals surface area contributed by atoms with E-state index < -0.39 is 5.54 Å². The number of rotatable bonds is 3. The number of benzene rings is 2. The van der Waals surface area contributed by atoms with Crippen molar-refractivity contribution in [3.05, 3.63) is 75.5 Å². The van der Waals surface area contributed by atoms with E-state index in [4.69, 9.17) is 28.5 Å². The van der Waals surface area contributed by atoms with E-state index in [1.807, 2.05) is 30.5 Å². The van der Waals surface area contributed by atoms with E-state index in [2.05, 4.69) is 11.1 Å². The topological polar surface area (TPSA) is 61.9 Å². The average Bonchev–Trinajstić information content (AvgIpc) is 3.12. The molecule has 2 heterocycles. The fourth-order valence-corrected chi connectivity index (χ4v) is 4.28. The van der Waals surface area contributed by atoms with Crippen molar-refractivity contribution in [3.8, 4) is 6.07 Å². The summed E-state index contributed by atoms with van der Waals surface area (Å²) in [6.07, 6.45) is 2.21. The molecule has 0 saturated carbocycles. The third-order valence-electron chi connectivity index (χ3n) is 5.01. The van der Waals surface area contributed by atoms with Crippen LogP contribution in [0.5, 0.6) is 0 Å². The number of imidazole rings is 1. The molecule has 0 bridgehead atoms. The average molecular weight is 411 g/mol. The lowest BCUT2D eigenvalue weighted by atomic mass is 9.91. The molecule has 3 aromatic rings. The van der Waals surface area contributed by atoms with Crippen molar-refractivity contribution >= 4 is 40.7 Å². The van der Waals surface area contributed by atoms with Crippen molar-refractivity contribution in [2.45, 2.75) is 25.8 Å². The van der Waals surface area contributed by atoms with Crippen molar-refractivity contribution in [1.82, 2.24) is 9.55 Å². The Labute approximate surface area is 172 Å². The van der Waals surface area contributed by atoms with Gasteiger partial charge in [-0.1, -0.05) is 35.3 Å². The van der Waals surface area contributed by atoms with Crippen molar-refractivity contribution in [2.24, 2.45) is 0 Å². The van der Waals surface area contributed by atoms with Crippen molar-refractivity contribution in [3.63, 3.8) is 0 Å². The maximum Gasteiger partial charge on any atom is 0.260 e. The second-order valence-corrected chi connectivity index (χ2v) is 7.94. The second kappa shape index (κ2) is 6.66. The summed E-state index contributed by atoms with van der Waals surface area (Å²) in [5.41, 5.74) is 2.15. The highest BCUT2D eigenvalue weighted by molar-refractivity contribution is 6.35. The van der Waals surface area contributed by atoms with Crippen LogP contribution in [0.25, 0.3) is 0 Å². The molecule has 0 aliphatic carbocycles. The minimum atomic E-state index is -0.862. The highest BCUT2D eigenvalue weighted by Crippen LogP contribution is 2.43. The molecule has 5 nitrogen and oxygen atoms in total. The Kier molecular flexibility index (Phi) is 4.41. The SMILES string of the molecule is Cc1cnc2n1C(C)(Cc1ccc(C#N)cc1)C(=O)N2c1cc(Cl)cc(Cl)c1. The molecule has 1 atom stereocenters. The Morgan fingerprint density at radius 2 is 1.79 bits per heavy atom. The molecule has 1 aliphatic rings. The number of carbonyl (C=O) groups excluding carboxylic acids is 1. The molecule has 1 aromatic heterocycles. The largest absolute Gasteiger partial charge is 0.299 e. The van der Waals surface area contributed by atoms with Gasteiger partial charge in [0.05, 0.1) is 23.5 Å². The summed E-state index contributed by atoms with van der Waals surface area (Å²) >= 11 is 12.3. The molecular weight excluding hydrogens is 395 g/mol. The molecule has 4 rings (SSSR count). The summed E-state index contributed by atoms with van der Waals surface area (Å²) in [5.74, 6) is 0.429. The molecule has 140 valence electrons. The van der Waals surface area contributed by atoms with Gasteiger partial charge in [-0.25, -0.2) is 9.88 Å². The zero-order valence-electron chi connectivity index (χ0n) is 15.3. The maximum atomic E-state index is 13.6. The smallest absolute Gasteiger partial charge is 0.260 e. The van der Waals surface area contributed by atoms with Gasteiger partial charge in [0, 0.05) is 22.2 Å². The number of aromatic nitrogens is 2. The van der Waals surface area contributed by atoms with Gasteiger partial charge in [0.2, 0.25) is 5.95 Å². The number of nitriles is 1. The number of carbonyl (C=O) groups is 1. The molecule has 1 amide bonds. The molecule has 0 fully saturated rings. The lowest BCUT2D eigenvalue weighted by Crippen LogP contribution is -2.41. The summed E-state index contributed by atoms with van der Waals surface area (Å²) in [4.78, 5) is 19.6. The summed E-state index contributed by atoms with van der Waals surface area (Å²) in [6.45, 7) is 3.83. The second-order valence-electron chi connectivity index (χ2n) is 7.06. The quantitative estimate of drug-likeness (QED) is 0.609. The molecule has 1 unspecified atom stereocenters. The van der Waals surface area contributed by atoms with Crippen LogP contribution < -0.4 is 4.90 Å². The van der Waals surface area contributed by atoms with E-state index in [1.165, 1.54) is 0 Å². The molecule has 0 N–H and O–H groups in total. The molecule has 7 heteroatoms. The fourth-order valence-electron chi connectivity index (χ4n) is 3.77. The van der Waals surface area contributed by atoms with Gasteiger partial charge in [-0.05, 0) is 49.7 Å². The van der Waals surface area contributed by atoms with Crippen molar-refractivity contribution in [1.29, 1.82) is 5.26 Å². The van der Waals surface area contributed by atoms with Crippen LogP contribution in [0.2, 0.25) is 10.0 Å². The molecule has 28 heavy (non-hydrogen) atoms. The first-order valence-electron chi connectivity index (χ1n) is 8.68. The van der Waals surface area contributed by atoms with Gasteiger partial charge in [-0.2, -0.15) is 5.26 Å². The lowest BCUT2D eigenvalue weighted by Gasteiger charge is -2.26. The van der Waals surface area contributed by atoms with Gasteiger partial charge in [-0.15, -0.1) is 0 Å². The molecular formula is C21H16Cl2N4O. The van der Waals surface area contributed by atoms with Crippen molar-refractivity contribution in [2.75, 3.05) is 4.90 Å². The number of hydrogen-bond acceptors (Lipinski definition) is 3.